The van der Waals surface area contributed by atoms with Crippen LogP contribution < -0.4 is 5.32 Å². The molecular formula is C17H24N4O2. The third kappa shape index (κ3) is 4.64. The van der Waals surface area contributed by atoms with Crippen LogP contribution in [-0.4, -0.2) is 58.5 Å². The van der Waals surface area contributed by atoms with E-state index in [1.54, 1.807) is 24.9 Å². The number of hydrogen-bond donors (Lipinski definition) is 2. The zero-order valence-electron chi connectivity index (χ0n) is 14.1. The molecule has 2 rings (SSSR count). The quantitative estimate of drug-likeness (QED) is 0.838. The molecule has 0 aliphatic carbocycles. The Balaban J connectivity index is 2.15. The lowest BCUT2D eigenvalue weighted by Gasteiger charge is -2.27. The normalized spacial score (nSPS) is 13.8. The van der Waals surface area contributed by atoms with Gasteiger partial charge in [0.05, 0.1) is 11.2 Å². The Morgan fingerprint density at radius 2 is 2.00 bits per heavy atom. The van der Waals surface area contributed by atoms with Crippen molar-refractivity contribution in [3.8, 4) is 11.3 Å². The van der Waals surface area contributed by atoms with Gasteiger partial charge in [-0.05, 0) is 21.0 Å². The zero-order valence-corrected chi connectivity index (χ0v) is 14.1. The van der Waals surface area contributed by atoms with Crippen LogP contribution in [0.2, 0.25) is 0 Å². The number of amides is 1. The van der Waals surface area contributed by atoms with Crippen LogP contribution in [0.1, 0.15) is 17.3 Å². The van der Waals surface area contributed by atoms with Crippen LogP contribution in [-0.2, 0) is 7.05 Å². The number of aromatic nitrogens is 2. The molecule has 0 saturated heterocycles. The number of hydrogen-bond acceptors (Lipinski definition) is 4. The van der Waals surface area contributed by atoms with Crippen molar-refractivity contribution in [1.29, 1.82) is 0 Å². The molecule has 0 spiro atoms. The molecule has 23 heavy (non-hydrogen) atoms. The van der Waals surface area contributed by atoms with Gasteiger partial charge in [0.15, 0.2) is 0 Å². The van der Waals surface area contributed by atoms with Crippen LogP contribution in [0.15, 0.2) is 36.5 Å². The van der Waals surface area contributed by atoms with Crippen molar-refractivity contribution in [1.82, 2.24) is 20.0 Å². The summed E-state index contributed by atoms with van der Waals surface area (Å²) < 4.78 is 1.62. The maximum absolute atomic E-state index is 12.5. The van der Waals surface area contributed by atoms with Crippen molar-refractivity contribution in [2.45, 2.75) is 12.5 Å². The van der Waals surface area contributed by atoms with E-state index in [2.05, 4.69) is 10.4 Å². The lowest BCUT2D eigenvalue weighted by atomic mass is 10.1. The van der Waals surface area contributed by atoms with Gasteiger partial charge in [-0.25, -0.2) is 0 Å². The fourth-order valence-electron chi connectivity index (χ4n) is 2.57. The Morgan fingerprint density at radius 3 is 2.61 bits per heavy atom. The predicted octanol–water partition coefficient (Wildman–Crippen LogP) is 1.13. The van der Waals surface area contributed by atoms with Gasteiger partial charge in [-0.1, -0.05) is 30.3 Å². The molecule has 1 aromatic carbocycles. The van der Waals surface area contributed by atoms with Crippen molar-refractivity contribution in [2.24, 2.45) is 7.05 Å². The van der Waals surface area contributed by atoms with E-state index in [0.717, 1.165) is 5.56 Å². The summed E-state index contributed by atoms with van der Waals surface area (Å²) in [6.07, 6.45) is 1.69. The fourth-order valence-corrected chi connectivity index (χ4v) is 2.57. The molecule has 1 amide bonds. The van der Waals surface area contributed by atoms with Gasteiger partial charge in [-0.15, -0.1) is 0 Å². The van der Waals surface area contributed by atoms with Crippen LogP contribution in [0, 0.1) is 0 Å². The first kappa shape index (κ1) is 17.2. The number of rotatable bonds is 6. The van der Waals surface area contributed by atoms with Crippen LogP contribution in [0.5, 0.6) is 0 Å². The Morgan fingerprint density at radius 1 is 1.35 bits per heavy atom. The molecule has 1 atom stereocenters. The molecule has 6 heteroatoms. The van der Waals surface area contributed by atoms with E-state index in [0.29, 0.717) is 17.8 Å². The van der Waals surface area contributed by atoms with E-state index in [4.69, 9.17) is 0 Å². The maximum atomic E-state index is 12.5. The van der Waals surface area contributed by atoms with Crippen molar-refractivity contribution >= 4 is 5.91 Å². The summed E-state index contributed by atoms with van der Waals surface area (Å²) in [5, 5.41) is 17.5. The van der Waals surface area contributed by atoms with E-state index in [9.17, 15) is 9.90 Å². The predicted molar refractivity (Wildman–Crippen MR) is 90.2 cm³/mol. The van der Waals surface area contributed by atoms with E-state index >= 15 is 0 Å². The third-order valence-electron chi connectivity index (χ3n) is 3.41. The van der Waals surface area contributed by atoms with Crippen LogP contribution >= 0.6 is 0 Å². The van der Waals surface area contributed by atoms with Gasteiger partial charge in [0.2, 0.25) is 0 Å². The zero-order chi connectivity index (χ0) is 17.0. The molecule has 2 aromatic rings. The average Bonchev–Trinajstić information content (AvgIpc) is 2.86. The van der Waals surface area contributed by atoms with Gasteiger partial charge in [0.1, 0.15) is 5.69 Å². The fraction of sp³-hybridized carbons (Fsp3) is 0.412. The average molecular weight is 316 g/mol. The summed E-state index contributed by atoms with van der Waals surface area (Å²) in [6.45, 7) is 2.34. The van der Waals surface area contributed by atoms with Crippen LogP contribution in [0.4, 0.5) is 0 Å². The number of likely N-dealkylation sites (N-methyl/N-ethyl adjacent to an activating group) is 1. The molecule has 0 fully saturated rings. The highest BCUT2D eigenvalue weighted by Gasteiger charge is 2.24. The third-order valence-corrected chi connectivity index (χ3v) is 3.41. The summed E-state index contributed by atoms with van der Waals surface area (Å²) in [5.41, 5.74) is 1.03. The molecule has 0 aliphatic rings. The molecule has 124 valence electrons. The highest BCUT2D eigenvalue weighted by atomic mass is 16.3. The monoisotopic (exact) mass is 316 g/mol. The standard InChI is InChI=1S/C17H24N4O2/c1-17(23,12-20(2)3)11-18-16(22)14-10-21(4)19-15(14)13-8-6-5-7-9-13/h5-10,23H,11-12H2,1-4H3,(H,18,22). The van der Waals surface area contributed by atoms with Crippen LogP contribution in [0.3, 0.4) is 0 Å². The van der Waals surface area contributed by atoms with Crippen molar-refractivity contribution < 1.29 is 9.90 Å². The Bertz CT molecular complexity index is 662. The summed E-state index contributed by atoms with van der Waals surface area (Å²) >= 11 is 0. The minimum atomic E-state index is -0.992. The first-order chi connectivity index (χ1) is 10.8. The highest BCUT2D eigenvalue weighted by Crippen LogP contribution is 2.21. The smallest absolute Gasteiger partial charge is 0.255 e. The van der Waals surface area contributed by atoms with Crippen LogP contribution in [0.25, 0.3) is 11.3 Å². The number of aryl methyl sites for hydroxylation is 1. The number of carbonyl (C=O) groups excluding carboxylic acids is 1. The Labute approximate surface area is 136 Å². The molecule has 1 aromatic heterocycles. The minimum Gasteiger partial charge on any atom is -0.387 e. The molecular weight excluding hydrogens is 292 g/mol. The molecule has 0 aliphatic heterocycles. The van der Waals surface area contributed by atoms with Gasteiger partial charge in [0, 0.05) is 31.9 Å². The largest absolute Gasteiger partial charge is 0.387 e. The number of carbonyl (C=O) groups is 1. The second-order valence-corrected chi connectivity index (χ2v) is 6.35. The van der Waals surface area contributed by atoms with Gasteiger partial charge >= 0.3 is 0 Å². The Kier molecular flexibility index (Phi) is 5.18. The van der Waals surface area contributed by atoms with Gasteiger partial charge < -0.3 is 15.3 Å². The first-order valence-electron chi connectivity index (χ1n) is 7.53. The van der Waals surface area contributed by atoms with E-state index in [1.807, 2.05) is 49.3 Å². The highest BCUT2D eigenvalue weighted by molar-refractivity contribution is 5.99. The second-order valence-electron chi connectivity index (χ2n) is 6.35. The summed E-state index contributed by atoms with van der Waals surface area (Å²) in [7, 11) is 5.54. The number of aliphatic hydroxyl groups is 1. The molecule has 1 unspecified atom stereocenters. The summed E-state index contributed by atoms with van der Waals surface area (Å²) in [4.78, 5) is 14.4. The molecule has 0 radical (unpaired) electrons. The molecule has 2 N–H and O–H groups in total. The Hall–Kier alpha value is -2.18. The molecule has 0 bridgehead atoms. The van der Waals surface area contributed by atoms with Gasteiger partial charge in [-0.2, -0.15) is 5.10 Å². The summed E-state index contributed by atoms with van der Waals surface area (Å²) in [6, 6.07) is 9.58. The van der Waals surface area contributed by atoms with E-state index < -0.39 is 5.60 Å². The number of nitrogens with one attached hydrogen (secondary N) is 1. The van der Waals surface area contributed by atoms with E-state index in [1.165, 1.54) is 0 Å². The molecule has 0 saturated carbocycles. The van der Waals surface area contributed by atoms with Crippen molar-refractivity contribution in [3.63, 3.8) is 0 Å². The van der Waals surface area contributed by atoms with Crippen molar-refractivity contribution in [2.75, 3.05) is 27.2 Å². The molecule has 6 nitrogen and oxygen atoms in total. The van der Waals surface area contributed by atoms with Gasteiger partial charge in [0.25, 0.3) is 5.91 Å². The van der Waals surface area contributed by atoms with E-state index in [-0.39, 0.29) is 12.5 Å². The number of nitrogens with zero attached hydrogens (tertiary/aromatic N) is 3. The topological polar surface area (TPSA) is 70.4 Å². The number of benzene rings is 1. The van der Waals surface area contributed by atoms with Gasteiger partial charge in [-0.3, -0.25) is 9.48 Å². The maximum Gasteiger partial charge on any atom is 0.255 e. The SMILES string of the molecule is CN(C)CC(C)(O)CNC(=O)c1cn(C)nc1-c1ccccc1. The first-order valence-corrected chi connectivity index (χ1v) is 7.53. The lowest BCUT2D eigenvalue weighted by Crippen LogP contribution is -2.47. The minimum absolute atomic E-state index is 0.174. The summed E-state index contributed by atoms with van der Waals surface area (Å²) in [5.74, 6) is -0.240. The molecule has 1 heterocycles. The second kappa shape index (κ2) is 6.93. The lowest BCUT2D eigenvalue weighted by molar-refractivity contribution is 0.0326. The van der Waals surface area contributed by atoms with Crippen molar-refractivity contribution in [3.05, 3.63) is 42.1 Å².